The van der Waals surface area contributed by atoms with Gasteiger partial charge in [0, 0.05) is 78.2 Å². The summed E-state index contributed by atoms with van der Waals surface area (Å²) >= 11 is 0. The first-order valence-corrected chi connectivity index (χ1v) is 28.7. The van der Waals surface area contributed by atoms with Crippen LogP contribution in [0.1, 0.15) is 112 Å². The summed E-state index contributed by atoms with van der Waals surface area (Å²) < 4.78 is 209. The molecular formula is C54H53F11N6O7S2. The van der Waals surface area contributed by atoms with Crippen LogP contribution in [0, 0.1) is 29.3 Å². The predicted molar refractivity (Wildman–Crippen MR) is 265 cm³/mol. The van der Waals surface area contributed by atoms with Gasteiger partial charge in [0.05, 0.1) is 70.3 Å². The minimum absolute atomic E-state index is 0.0398. The van der Waals surface area contributed by atoms with Crippen LogP contribution in [0.25, 0.3) is 11.3 Å². The molecule has 2 aliphatic heterocycles. The van der Waals surface area contributed by atoms with Gasteiger partial charge in [-0.2, -0.15) is 35.0 Å². The van der Waals surface area contributed by atoms with Gasteiger partial charge < -0.3 is 4.74 Å². The van der Waals surface area contributed by atoms with E-state index < -0.39 is 115 Å². The van der Waals surface area contributed by atoms with Crippen molar-refractivity contribution in [1.82, 2.24) is 28.5 Å². The quantitative estimate of drug-likeness (QED) is 0.0765. The Morgan fingerprint density at radius 2 is 1.15 bits per heavy atom. The Balaban J connectivity index is 0.000000194. The third-order valence-corrected chi connectivity index (χ3v) is 19.1. The number of hydrogen-bond acceptors (Lipinski definition) is 11. The standard InChI is InChI=1S/C27H24F6N4O3S.C27H29F5N2O4S/c1-14-20(29)11-22(37(14)41(39,40)18-7-4-16(28)5-8-18)23(38)9-6-17-10-19(25(30)26(36-17)15-2-3-15)21-12-35-24(13-34-21)27(31,32)33;1-15-23(29)13-25(34(15)39(36,37)21-7-4-18(28)5-8-21)26(35)9-6-19-11-20(12-24(33-19)16-2-3-16)38-14-17-10-22(17)27(30,31)32/h4-5,7-8,10,12-15,20,22H,2-3,6,9,11H2,1H3;4-5,7-8,11-12,15-17,22-23,25H,2-3,6,9-10,13-14H2,1H3/t14-,20+,22-;15-,17-,22+,23+,25-/m00/s1. The lowest BCUT2D eigenvalue weighted by Crippen LogP contribution is -2.44. The topological polar surface area (TPSA) is 170 Å². The van der Waals surface area contributed by atoms with Crippen molar-refractivity contribution < 1.29 is 79.5 Å². The smallest absolute Gasteiger partial charge is 0.434 e. The Kier molecular flexibility index (Phi) is 16.7. The molecule has 430 valence electrons. The van der Waals surface area contributed by atoms with Gasteiger partial charge >= 0.3 is 12.4 Å². The van der Waals surface area contributed by atoms with Crippen LogP contribution in [-0.2, 0) is 48.7 Å². The largest absolute Gasteiger partial charge is 0.493 e. The zero-order chi connectivity index (χ0) is 57.8. The van der Waals surface area contributed by atoms with E-state index in [2.05, 4.69) is 19.9 Å². The van der Waals surface area contributed by atoms with Gasteiger partial charge in [-0.25, -0.2) is 43.8 Å². The molecule has 0 amide bonds. The first-order chi connectivity index (χ1) is 37.6. The number of rotatable bonds is 18. The fourth-order valence-corrected chi connectivity index (χ4v) is 13.8. The number of aryl methyl sites for hydroxylation is 2. The van der Waals surface area contributed by atoms with Crippen LogP contribution in [0.5, 0.6) is 5.75 Å². The molecule has 3 aliphatic carbocycles. The summed E-state index contributed by atoms with van der Waals surface area (Å²) in [5.74, 6) is -4.58. The normalized spacial score (nSPS) is 24.6. The number of carbonyl (C=O) groups is 2. The number of pyridine rings is 2. The summed E-state index contributed by atoms with van der Waals surface area (Å²) in [5.41, 5.74) is 0.0949. The van der Waals surface area contributed by atoms with Crippen LogP contribution >= 0.6 is 0 Å². The summed E-state index contributed by atoms with van der Waals surface area (Å²) in [5, 5.41) is 0. The highest BCUT2D eigenvalue weighted by molar-refractivity contribution is 7.89. The Morgan fingerprint density at radius 1 is 0.650 bits per heavy atom. The van der Waals surface area contributed by atoms with Crippen molar-refractivity contribution in [3.05, 3.63) is 125 Å². The average molecular weight is 1170 g/mol. The number of alkyl halides is 8. The number of aromatic nitrogens is 4. The van der Waals surface area contributed by atoms with E-state index in [1.807, 2.05) is 0 Å². The molecule has 3 saturated carbocycles. The molecule has 10 rings (SSSR count). The van der Waals surface area contributed by atoms with Crippen molar-refractivity contribution in [3.8, 4) is 17.0 Å². The van der Waals surface area contributed by atoms with E-state index in [-0.39, 0.29) is 95.8 Å². The van der Waals surface area contributed by atoms with Crippen molar-refractivity contribution in [1.29, 1.82) is 0 Å². The molecule has 3 aromatic heterocycles. The van der Waals surface area contributed by atoms with Gasteiger partial charge in [-0.1, -0.05) is 0 Å². The second-order valence-corrected chi connectivity index (χ2v) is 24.6. The molecule has 0 bridgehead atoms. The maximum absolute atomic E-state index is 15.3. The second-order valence-electron chi connectivity index (χ2n) is 20.9. The average Bonchev–Trinajstić information content (AvgIpc) is 4.33. The molecule has 0 spiro atoms. The maximum Gasteiger partial charge on any atom is 0.434 e. The molecule has 2 aromatic carbocycles. The zero-order valence-corrected chi connectivity index (χ0v) is 44.4. The number of Topliss-reactive ketones (excluding diaryl/α,β-unsaturated/α-hetero) is 2. The van der Waals surface area contributed by atoms with Crippen LogP contribution in [0.4, 0.5) is 48.3 Å². The van der Waals surface area contributed by atoms with Crippen molar-refractivity contribution in [3.63, 3.8) is 0 Å². The molecule has 13 nitrogen and oxygen atoms in total. The van der Waals surface area contributed by atoms with E-state index >= 15 is 4.39 Å². The van der Waals surface area contributed by atoms with E-state index in [1.165, 1.54) is 19.9 Å². The molecule has 80 heavy (non-hydrogen) atoms. The fourth-order valence-electron chi connectivity index (χ4n) is 10.1. The molecule has 5 heterocycles. The summed E-state index contributed by atoms with van der Waals surface area (Å²) in [6.07, 6.45) is -8.52. The van der Waals surface area contributed by atoms with Crippen molar-refractivity contribution in [2.45, 2.75) is 155 Å². The number of halogens is 11. The molecule has 26 heteroatoms. The lowest BCUT2D eigenvalue weighted by molar-refractivity contribution is -0.151. The lowest BCUT2D eigenvalue weighted by atomic mass is 10.0. The number of benzene rings is 2. The number of sulfonamides is 2. The molecule has 0 radical (unpaired) electrons. The Labute approximate surface area is 453 Å². The molecule has 5 fully saturated rings. The number of hydrogen-bond donors (Lipinski definition) is 0. The SMILES string of the molecule is C[C@H]1[C@H](F)C[C@@H](C(=O)CCc2cc(-c3cnc(C(F)(F)F)cn3)c(F)c(C3CC3)n2)N1S(=O)(=O)c1ccc(F)cc1.C[C@H]1[C@H](F)C[C@@H](C(=O)CCc2cc(OC[C@@H]3C[C@H]3C(F)(F)F)cc(C3CC3)n2)N1S(=O)(=O)c1ccc(F)cc1. The van der Waals surface area contributed by atoms with E-state index in [9.17, 15) is 70.3 Å². The lowest BCUT2D eigenvalue weighted by Gasteiger charge is -2.26. The van der Waals surface area contributed by atoms with Gasteiger partial charge in [0.25, 0.3) is 0 Å². The van der Waals surface area contributed by atoms with E-state index in [0.717, 1.165) is 81.9 Å². The van der Waals surface area contributed by atoms with Gasteiger partial charge in [-0.15, -0.1) is 0 Å². The molecule has 2 saturated heterocycles. The first kappa shape index (κ1) is 58.7. The third-order valence-electron chi connectivity index (χ3n) is 15.0. The Hall–Kier alpha value is -5.99. The van der Waals surface area contributed by atoms with E-state index in [4.69, 9.17) is 4.74 Å². The number of carbonyl (C=O) groups excluding carboxylic acids is 2. The minimum atomic E-state index is -4.72. The minimum Gasteiger partial charge on any atom is -0.493 e. The number of nitrogens with zero attached hydrogens (tertiary/aromatic N) is 6. The molecule has 8 atom stereocenters. The maximum atomic E-state index is 15.3. The van der Waals surface area contributed by atoms with Gasteiger partial charge in [0.15, 0.2) is 23.1 Å². The monoisotopic (exact) mass is 1170 g/mol. The third kappa shape index (κ3) is 13.0. The molecule has 5 aromatic rings. The predicted octanol–water partition coefficient (Wildman–Crippen LogP) is 10.8. The molecular weight excluding hydrogens is 1120 g/mol. The fraction of sp³-hybridized carbons (Fsp3) is 0.481. The summed E-state index contributed by atoms with van der Waals surface area (Å²) in [4.78, 5) is 42.0. The van der Waals surface area contributed by atoms with Crippen molar-refractivity contribution in [2.75, 3.05) is 6.61 Å². The first-order valence-electron chi connectivity index (χ1n) is 25.8. The molecule has 5 aliphatic rings. The second kappa shape index (κ2) is 22.7. The number of ketones is 2. The Morgan fingerprint density at radius 3 is 1.59 bits per heavy atom. The van der Waals surface area contributed by atoms with Crippen LogP contribution in [0.2, 0.25) is 0 Å². The van der Waals surface area contributed by atoms with Gasteiger partial charge in [-0.05, 0) is 113 Å². The van der Waals surface area contributed by atoms with Gasteiger partial charge in [-0.3, -0.25) is 24.5 Å². The summed E-state index contributed by atoms with van der Waals surface area (Å²) in [7, 11) is -8.61. The van der Waals surface area contributed by atoms with Crippen LogP contribution < -0.4 is 4.74 Å². The molecule has 0 N–H and O–H groups in total. The van der Waals surface area contributed by atoms with Crippen LogP contribution in [0.15, 0.2) is 88.9 Å². The Bertz CT molecular complexity index is 3330. The van der Waals surface area contributed by atoms with E-state index in [0.29, 0.717) is 30.5 Å². The zero-order valence-electron chi connectivity index (χ0n) is 42.8. The van der Waals surface area contributed by atoms with Crippen molar-refractivity contribution >= 4 is 31.6 Å². The van der Waals surface area contributed by atoms with Crippen LogP contribution in [0.3, 0.4) is 0 Å². The van der Waals surface area contributed by atoms with E-state index in [1.54, 1.807) is 12.1 Å². The highest BCUT2D eigenvalue weighted by Gasteiger charge is 2.56. The summed E-state index contributed by atoms with van der Waals surface area (Å²) in [6, 6.07) is 7.94. The highest BCUT2D eigenvalue weighted by Crippen LogP contribution is 2.50. The summed E-state index contributed by atoms with van der Waals surface area (Å²) in [6.45, 7) is 2.68. The van der Waals surface area contributed by atoms with Crippen LogP contribution in [-0.4, -0.2) is 106 Å². The van der Waals surface area contributed by atoms with Gasteiger partial charge in [0.1, 0.15) is 29.7 Å². The number of ether oxygens (including phenoxy) is 1. The van der Waals surface area contributed by atoms with Crippen molar-refractivity contribution in [2.24, 2.45) is 11.8 Å². The van der Waals surface area contributed by atoms with Gasteiger partial charge in [0.2, 0.25) is 20.0 Å². The highest BCUT2D eigenvalue weighted by atomic mass is 32.2. The molecule has 0 unspecified atom stereocenters.